The number of para-hydroxylation sites is 1. The number of rotatable bonds is 6. The first-order valence-corrected chi connectivity index (χ1v) is 11.2. The van der Waals surface area contributed by atoms with Crippen molar-refractivity contribution in [1.82, 2.24) is 19.0 Å². The van der Waals surface area contributed by atoms with Gasteiger partial charge in [0, 0.05) is 25.3 Å². The molecule has 1 aliphatic rings. The molecule has 0 radical (unpaired) electrons. The quantitative estimate of drug-likeness (QED) is 0.475. The molecule has 0 unspecified atom stereocenters. The largest absolute Gasteiger partial charge is 0.457 e. The second-order valence-corrected chi connectivity index (χ2v) is 8.22. The van der Waals surface area contributed by atoms with Crippen LogP contribution in [-0.2, 0) is 6.54 Å². The van der Waals surface area contributed by atoms with Gasteiger partial charge in [-0.2, -0.15) is 0 Å². The highest BCUT2D eigenvalue weighted by atomic mass is 16.5. The van der Waals surface area contributed by atoms with Crippen LogP contribution >= 0.6 is 0 Å². The van der Waals surface area contributed by atoms with E-state index in [1.165, 1.54) is 0 Å². The molecule has 2 N–H and O–H groups in total. The van der Waals surface area contributed by atoms with Gasteiger partial charge in [-0.1, -0.05) is 24.3 Å². The number of benzene rings is 2. The van der Waals surface area contributed by atoms with E-state index in [4.69, 9.17) is 10.5 Å². The maximum Gasteiger partial charge on any atom is 0.333 e. The van der Waals surface area contributed by atoms with Crippen LogP contribution in [0.2, 0.25) is 0 Å². The van der Waals surface area contributed by atoms with Gasteiger partial charge in [0.15, 0.2) is 0 Å². The van der Waals surface area contributed by atoms with Crippen LogP contribution in [0.5, 0.6) is 11.5 Å². The third kappa shape index (κ3) is 3.98. The summed E-state index contributed by atoms with van der Waals surface area (Å²) in [7, 11) is 0. The van der Waals surface area contributed by atoms with Crippen LogP contribution in [0.15, 0.2) is 83.9 Å². The van der Waals surface area contributed by atoms with Crippen molar-refractivity contribution in [2.45, 2.75) is 32.4 Å². The third-order valence-electron chi connectivity index (χ3n) is 6.10. The summed E-state index contributed by atoms with van der Waals surface area (Å²) in [6.45, 7) is 3.63. The lowest BCUT2D eigenvalue weighted by atomic mass is 10.2. The molecule has 0 aliphatic carbocycles. The standard InChI is InChI=1S/C26H27N5O2/c1-2-16-29-17-6-7-20(29)18-30-23-14-15-28-25(27)24(23)31(26(30)32)19-10-12-22(13-11-19)33-21-8-4-3-5-9-21/h2-5,8-16,20H,6-7,17-18H2,1H3,(H2,27,28)/t20-/m0/s1. The predicted octanol–water partition coefficient (Wildman–Crippen LogP) is 4.56. The zero-order valence-electron chi connectivity index (χ0n) is 18.6. The van der Waals surface area contributed by atoms with Gasteiger partial charge < -0.3 is 15.4 Å². The van der Waals surface area contributed by atoms with Gasteiger partial charge in [0.2, 0.25) is 0 Å². The van der Waals surface area contributed by atoms with Crippen LogP contribution in [0.25, 0.3) is 16.7 Å². The number of nitrogens with zero attached hydrogens (tertiary/aromatic N) is 4. The molecule has 0 amide bonds. The monoisotopic (exact) mass is 441 g/mol. The fourth-order valence-electron chi connectivity index (χ4n) is 4.58. The Bertz CT molecular complexity index is 1340. The Morgan fingerprint density at radius 3 is 2.61 bits per heavy atom. The fraction of sp³-hybridized carbons (Fsp3) is 0.231. The first-order chi connectivity index (χ1) is 16.2. The second-order valence-electron chi connectivity index (χ2n) is 8.22. The number of nitrogens with two attached hydrogens (primary N) is 1. The van der Waals surface area contributed by atoms with E-state index in [9.17, 15) is 4.79 Å². The SMILES string of the molecule is CC=CN1CCC[C@H]1Cn1c(=O)n(-c2ccc(Oc3ccccc3)cc2)c2c(N)nccc21. The Hall–Kier alpha value is -4.00. The topological polar surface area (TPSA) is 78.3 Å². The summed E-state index contributed by atoms with van der Waals surface area (Å²) in [6.07, 6.45) is 7.99. The fourth-order valence-corrected chi connectivity index (χ4v) is 4.58. The number of hydrogen-bond donors (Lipinski definition) is 1. The maximum absolute atomic E-state index is 13.6. The molecule has 1 saturated heterocycles. The van der Waals surface area contributed by atoms with Crippen molar-refractivity contribution >= 4 is 16.9 Å². The summed E-state index contributed by atoms with van der Waals surface area (Å²) in [5, 5.41) is 0. The lowest BCUT2D eigenvalue weighted by Gasteiger charge is -2.23. The maximum atomic E-state index is 13.6. The number of fused-ring (bicyclic) bond motifs is 1. The third-order valence-corrected chi connectivity index (χ3v) is 6.10. The van der Waals surface area contributed by atoms with Crippen molar-refractivity contribution in [2.75, 3.05) is 12.3 Å². The minimum Gasteiger partial charge on any atom is -0.457 e. The number of pyridine rings is 1. The number of imidazole rings is 1. The molecule has 3 heterocycles. The molecule has 33 heavy (non-hydrogen) atoms. The normalized spacial score (nSPS) is 16.2. The van der Waals surface area contributed by atoms with Crippen molar-refractivity contribution in [1.29, 1.82) is 0 Å². The summed E-state index contributed by atoms with van der Waals surface area (Å²) >= 11 is 0. The van der Waals surface area contributed by atoms with Crippen LogP contribution in [0.1, 0.15) is 19.8 Å². The van der Waals surface area contributed by atoms with Crippen LogP contribution < -0.4 is 16.2 Å². The molecule has 7 nitrogen and oxygen atoms in total. The van der Waals surface area contributed by atoms with Gasteiger partial charge in [-0.15, -0.1) is 0 Å². The summed E-state index contributed by atoms with van der Waals surface area (Å²) in [6, 6.07) is 19.2. The van der Waals surface area contributed by atoms with E-state index in [-0.39, 0.29) is 11.7 Å². The average molecular weight is 442 g/mol. The summed E-state index contributed by atoms with van der Waals surface area (Å²) in [4.78, 5) is 20.2. The highest BCUT2D eigenvalue weighted by molar-refractivity contribution is 5.87. The van der Waals surface area contributed by atoms with Crippen molar-refractivity contribution in [2.24, 2.45) is 0 Å². The highest BCUT2D eigenvalue weighted by Crippen LogP contribution is 2.27. The lowest BCUT2D eigenvalue weighted by molar-refractivity contribution is 0.314. The van der Waals surface area contributed by atoms with Gasteiger partial charge in [-0.25, -0.2) is 9.78 Å². The zero-order chi connectivity index (χ0) is 22.8. The lowest BCUT2D eigenvalue weighted by Crippen LogP contribution is -2.33. The molecule has 2 aromatic carbocycles. The van der Waals surface area contributed by atoms with Gasteiger partial charge in [-0.05, 0) is 68.4 Å². The Morgan fingerprint density at radius 1 is 1.09 bits per heavy atom. The molecule has 168 valence electrons. The van der Waals surface area contributed by atoms with E-state index in [1.807, 2.05) is 78.2 Å². The molecule has 7 heteroatoms. The Balaban J connectivity index is 1.53. The molecule has 0 bridgehead atoms. The molecule has 1 aliphatic heterocycles. The minimum absolute atomic E-state index is 0.117. The van der Waals surface area contributed by atoms with E-state index < -0.39 is 0 Å². The first kappa shape index (κ1) is 20.9. The Morgan fingerprint density at radius 2 is 1.85 bits per heavy atom. The van der Waals surface area contributed by atoms with Gasteiger partial charge in [-0.3, -0.25) is 9.13 Å². The molecular weight excluding hydrogens is 414 g/mol. The molecule has 1 atom stereocenters. The van der Waals surface area contributed by atoms with Crippen LogP contribution in [-0.4, -0.2) is 31.6 Å². The van der Waals surface area contributed by atoms with Crippen molar-refractivity contribution in [3.05, 3.63) is 89.6 Å². The summed E-state index contributed by atoms with van der Waals surface area (Å²) < 4.78 is 9.38. The number of hydrogen-bond acceptors (Lipinski definition) is 5. The van der Waals surface area contributed by atoms with Gasteiger partial charge >= 0.3 is 5.69 Å². The van der Waals surface area contributed by atoms with Crippen molar-refractivity contribution < 1.29 is 4.74 Å². The van der Waals surface area contributed by atoms with Gasteiger partial charge in [0.1, 0.15) is 22.8 Å². The highest BCUT2D eigenvalue weighted by Gasteiger charge is 2.25. The summed E-state index contributed by atoms with van der Waals surface area (Å²) in [5.41, 5.74) is 8.30. The van der Waals surface area contributed by atoms with Crippen LogP contribution in [0, 0.1) is 0 Å². The molecule has 1 fully saturated rings. The van der Waals surface area contributed by atoms with Crippen LogP contribution in [0.3, 0.4) is 0 Å². The van der Waals surface area contributed by atoms with E-state index in [0.717, 1.165) is 36.3 Å². The van der Waals surface area contributed by atoms with E-state index in [0.29, 0.717) is 23.6 Å². The first-order valence-electron chi connectivity index (χ1n) is 11.2. The predicted molar refractivity (Wildman–Crippen MR) is 131 cm³/mol. The molecule has 0 spiro atoms. The number of ether oxygens (including phenoxy) is 1. The smallest absolute Gasteiger partial charge is 0.333 e. The van der Waals surface area contributed by atoms with E-state index in [2.05, 4.69) is 16.1 Å². The van der Waals surface area contributed by atoms with Crippen molar-refractivity contribution in [3.8, 4) is 17.2 Å². The number of allylic oxidation sites excluding steroid dienone is 1. The summed E-state index contributed by atoms with van der Waals surface area (Å²) in [5.74, 6) is 1.79. The Labute approximate surface area is 192 Å². The van der Waals surface area contributed by atoms with E-state index in [1.54, 1.807) is 10.8 Å². The molecule has 5 rings (SSSR count). The average Bonchev–Trinajstić information content (AvgIpc) is 3.38. The van der Waals surface area contributed by atoms with Crippen LogP contribution in [0.4, 0.5) is 5.82 Å². The number of aromatic nitrogens is 3. The molecule has 2 aromatic heterocycles. The second kappa shape index (κ2) is 8.86. The molecular formula is C26H27N5O2. The van der Waals surface area contributed by atoms with Gasteiger partial charge in [0.25, 0.3) is 0 Å². The Kier molecular flexibility index (Phi) is 5.60. The van der Waals surface area contributed by atoms with E-state index >= 15 is 0 Å². The van der Waals surface area contributed by atoms with Gasteiger partial charge in [0.05, 0.1) is 11.2 Å². The zero-order valence-corrected chi connectivity index (χ0v) is 18.6. The molecule has 0 saturated carbocycles. The number of nitrogen functional groups attached to an aromatic ring is 1. The van der Waals surface area contributed by atoms with Crippen molar-refractivity contribution in [3.63, 3.8) is 0 Å². The number of anilines is 1. The molecule has 4 aromatic rings. The number of likely N-dealkylation sites (tertiary alicyclic amines) is 1. The minimum atomic E-state index is -0.117.